The lowest BCUT2D eigenvalue weighted by Crippen LogP contribution is -2.49. The molecule has 2 fully saturated rings. The maximum Gasteiger partial charge on any atom is 0.270 e. The van der Waals surface area contributed by atoms with Crippen molar-refractivity contribution in [1.82, 2.24) is 10.3 Å². The molecule has 0 spiro atoms. The molecule has 5 nitrogen and oxygen atoms in total. The average molecular weight is 330 g/mol. The zero-order valence-corrected chi connectivity index (χ0v) is 14.7. The number of amides is 1. The van der Waals surface area contributed by atoms with Crippen LogP contribution in [0.15, 0.2) is 12.1 Å². The Hall–Kier alpha value is -1.91. The highest BCUT2D eigenvalue weighted by molar-refractivity contribution is 5.98. The minimum atomic E-state index is -0.891. The van der Waals surface area contributed by atoms with Gasteiger partial charge in [-0.15, -0.1) is 0 Å². The molecule has 0 saturated heterocycles. The van der Waals surface area contributed by atoms with Gasteiger partial charge in [-0.3, -0.25) is 9.59 Å². The van der Waals surface area contributed by atoms with Crippen LogP contribution in [0.3, 0.4) is 0 Å². The van der Waals surface area contributed by atoms with Gasteiger partial charge in [0, 0.05) is 12.0 Å². The Morgan fingerprint density at radius 1 is 1.25 bits per heavy atom. The number of nitrogens with zero attached hydrogens (tertiary/aromatic N) is 1. The Bertz CT molecular complexity index is 646. The second-order valence-electron chi connectivity index (χ2n) is 7.48. The first kappa shape index (κ1) is 16.9. The Morgan fingerprint density at radius 3 is 2.54 bits per heavy atom. The van der Waals surface area contributed by atoms with Crippen LogP contribution in [0.2, 0.25) is 0 Å². The van der Waals surface area contributed by atoms with Crippen LogP contribution in [0.5, 0.6) is 5.88 Å². The topological polar surface area (TPSA) is 68.3 Å². The molecule has 1 aromatic heterocycles. The molecule has 0 unspecified atom stereocenters. The van der Waals surface area contributed by atoms with E-state index in [2.05, 4.69) is 10.3 Å². The van der Waals surface area contributed by atoms with Gasteiger partial charge in [-0.1, -0.05) is 13.0 Å². The molecule has 2 saturated carbocycles. The maximum absolute atomic E-state index is 12.5. The fraction of sp³-hybridized carbons (Fsp3) is 0.632. The van der Waals surface area contributed by atoms with E-state index in [4.69, 9.17) is 4.74 Å². The number of Topliss-reactive ketones (excluding diaryl/α,β-unsaturated/α-hetero) is 1. The van der Waals surface area contributed by atoms with Gasteiger partial charge in [0.25, 0.3) is 5.91 Å². The number of rotatable bonds is 8. The minimum absolute atomic E-state index is 0.00402. The molecule has 0 radical (unpaired) electrons. The number of ether oxygens (including phenoxy) is 1. The Balaban J connectivity index is 1.75. The summed E-state index contributed by atoms with van der Waals surface area (Å²) in [5, 5.41) is 2.79. The Morgan fingerprint density at radius 2 is 1.96 bits per heavy atom. The molecule has 5 heteroatoms. The highest BCUT2D eigenvalue weighted by atomic mass is 16.5. The fourth-order valence-corrected chi connectivity index (χ4v) is 2.74. The smallest absolute Gasteiger partial charge is 0.270 e. The lowest BCUT2D eigenvalue weighted by molar-refractivity contribution is -0.123. The van der Waals surface area contributed by atoms with Crippen molar-refractivity contribution in [3.63, 3.8) is 0 Å². The zero-order valence-electron chi connectivity index (χ0n) is 14.7. The van der Waals surface area contributed by atoms with Crippen molar-refractivity contribution >= 4 is 11.7 Å². The number of pyridine rings is 1. The number of aromatic nitrogens is 1. The quantitative estimate of drug-likeness (QED) is 0.794. The largest absolute Gasteiger partial charge is 0.477 e. The van der Waals surface area contributed by atoms with Crippen molar-refractivity contribution in [2.45, 2.75) is 64.3 Å². The van der Waals surface area contributed by atoms with Crippen LogP contribution in [0.25, 0.3) is 0 Å². The van der Waals surface area contributed by atoms with Gasteiger partial charge < -0.3 is 10.1 Å². The monoisotopic (exact) mass is 330 g/mol. The third-order valence-electron chi connectivity index (χ3n) is 4.74. The summed E-state index contributed by atoms with van der Waals surface area (Å²) in [6.45, 7) is 5.92. The van der Waals surface area contributed by atoms with Gasteiger partial charge in [-0.25, -0.2) is 4.98 Å². The molecule has 130 valence electrons. The van der Waals surface area contributed by atoms with Gasteiger partial charge in [-0.2, -0.15) is 0 Å². The molecule has 1 N–H and O–H groups in total. The van der Waals surface area contributed by atoms with Crippen molar-refractivity contribution in [3.05, 3.63) is 23.4 Å². The van der Waals surface area contributed by atoms with E-state index in [1.807, 2.05) is 6.07 Å². The predicted molar refractivity (Wildman–Crippen MR) is 91.3 cm³/mol. The Kier molecular flexibility index (Phi) is 4.61. The second-order valence-corrected chi connectivity index (χ2v) is 7.48. The van der Waals surface area contributed by atoms with E-state index in [0.717, 1.165) is 18.4 Å². The van der Waals surface area contributed by atoms with Crippen molar-refractivity contribution in [3.8, 4) is 5.88 Å². The molecule has 1 amide bonds. The molecule has 1 aromatic rings. The van der Waals surface area contributed by atoms with Crippen molar-refractivity contribution < 1.29 is 14.3 Å². The van der Waals surface area contributed by atoms with Crippen LogP contribution in [0.4, 0.5) is 0 Å². The number of hydrogen-bond donors (Lipinski definition) is 1. The molecule has 2 aliphatic carbocycles. The molecule has 3 rings (SSSR count). The SMILES string of the molecule is CCC(=O)C(C)(C)NC(=O)c1ccc(C2CC2)c(OCC2CC2)n1. The molecule has 0 aliphatic heterocycles. The van der Waals surface area contributed by atoms with E-state index in [9.17, 15) is 9.59 Å². The second kappa shape index (κ2) is 6.54. The van der Waals surface area contributed by atoms with Crippen LogP contribution in [-0.4, -0.2) is 28.8 Å². The Labute approximate surface area is 143 Å². The normalized spacial score (nSPS) is 17.5. The van der Waals surface area contributed by atoms with Gasteiger partial charge in [0.2, 0.25) is 5.88 Å². The summed E-state index contributed by atoms with van der Waals surface area (Å²) in [6.07, 6.45) is 5.13. The van der Waals surface area contributed by atoms with Gasteiger partial charge >= 0.3 is 0 Å². The minimum Gasteiger partial charge on any atom is -0.477 e. The van der Waals surface area contributed by atoms with E-state index >= 15 is 0 Å². The van der Waals surface area contributed by atoms with E-state index in [-0.39, 0.29) is 11.7 Å². The molecule has 24 heavy (non-hydrogen) atoms. The molecule has 0 bridgehead atoms. The van der Waals surface area contributed by atoms with Crippen LogP contribution >= 0.6 is 0 Å². The standard InChI is InChI=1S/C19H26N2O3/c1-4-16(22)19(2,3)21-17(23)15-10-9-14(13-7-8-13)18(20-15)24-11-12-5-6-12/h9-10,12-13H,4-8,11H2,1-3H3,(H,21,23). The summed E-state index contributed by atoms with van der Waals surface area (Å²) >= 11 is 0. The number of ketones is 1. The molecule has 0 atom stereocenters. The first-order valence-corrected chi connectivity index (χ1v) is 8.90. The van der Waals surface area contributed by atoms with Gasteiger partial charge in [0.1, 0.15) is 5.69 Å². The third-order valence-corrected chi connectivity index (χ3v) is 4.74. The van der Waals surface area contributed by atoms with Crippen LogP contribution in [0, 0.1) is 5.92 Å². The summed E-state index contributed by atoms with van der Waals surface area (Å²) in [6, 6.07) is 3.69. The van der Waals surface area contributed by atoms with Crippen LogP contribution < -0.4 is 10.1 Å². The zero-order chi connectivity index (χ0) is 17.3. The lowest BCUT2D eigenvalue weighted by Gasteiger charge is -2.24. The maximum atomic E-state index is 12.5. The number of nitrogens with one attached hydrogen (secondary N) is 1. The van der Waals surface area contributed by atoms with Gasteiger partial charge in [-0.05, 0) is 57.4 Å². The highest BCUT2D eigenvalue weighted by Gasteiger charge is 2.31. The van der Waals surface area contributed by atoms with Gasteiger partial charge in [0.05, 0.1) is 12.1 Å². The summed E-state index contributed by atoms with van der Waals surface area (Å²) in [5.41, 5.74) is 0.524. The van der Waals surface area contributed by atoms with Crippen molar-refractivity contribution in [2.24, 2.45) is 5.92 Å². The summed E-state index contributed by atoms with van der Waals surface area (Å²) in [5.74, 6) is 1.41. The number of hydrogen-bond acceptors (Lipinski definition) is 4. The fourth-order valence-electron chi connectivity index (χ4n) is 2.74. The predicted octanol–water partition coefficient (Wildman–Crippen LogP) is 3.24. The number of carbonyl (C=O) groups is 2. The molecule has 1 heterocycles. The molecular weight excluding hydrogens is 304 g/mol. The first-order valence-electron chi connectivity index (χ1n) is 8.90. The van der Waals surface area contributed by atoms with Crippen molar-refractivity contribution in [2.75, 3.05) is 6.61 Å². The summed E-state index contributed by atoms with van der Waals surface area (Å²) in [7, 11) is 0. The average Bonchev–Trinajstić information content (AvgIpc) is 3.45. The molecular formula is C19H26N2O3. The highest BCUT2D eigenvalue weighted by Crippen LogP contribution is 2.44. The molecule has 2 aliphatic rings. The number of carbonyl (C=O) groups excluding carboxylic acids is 2. The van der Waals surface area contributed by atoms with Crippen LogP contribution in [-0.2, 0) is 4.79 Å². The summed E-state index contributed by atoms with van der Waals surface area (Å²) < 4.78 is 5.89. The van der Waals surface area contributed by atoms with Gasteiger partial charge in [0.15, 0.2) is 5.78 Å². The lowest BCUT2D eigenvalue weighted by atomic mass is 9.97. The molecule has 0 aromatic carbocycles. The first-order chi connectivity index (χ1) is 11.4. The van der Waals surface area contributed by atoms with E-state index < -0.39 is 5.54 Å². The van der Waals surface area contributed by atoms with E-state index in [0.29, 0.717) is 36.4 Å². The van der Waals surface area contributed by atoms with Crippen LogP contribution in [0.1, 0.15) is 74.8 Å². The van der Waals surface area contributed by atoms with E-state index in [1.54, 1.807) is 26.8 Å². The van der Waals surface area contributed by atoms with Crippen molar-refractivity contribution in [1.29, 1.82) is 0 Å². The van der Waals surface area contributed by atoms with E-state index in [1.165, 1.54) is 12.8 Å². The third kappa shape index (κ3) is 3.94. The summed E-state index contributed by atoms with van der Waals surface area (Å²) in [4.78, 5) is 28.9.